The van der Waals surface area contributed by atoms with Crippen molar-refractivity contribution in [2.24, 2.45) is 5.92 Å². The third-order valence-electron chi connectivity index (χ3n) is 8.24. The minimum Gasteiger partial charge on any atom is -0.406 e. The summed E-state index contributed by atoms with van der Waals surface area (Å²) >= 11 is 6.58. The van der Waals surface area contributed by atoms with Crippen LogP contribution in [0.5, 0.6) is 5.75 Å². The molecule has 1 saturated carbocycles. The van der Waals surface area contributed by atoms with Crippen LogP contribution < -0.4 is 9.64 Å². The van der Waals surface area contributed by atoms with Crippen molar-refractivity contribution in [3.63, 3.8) is 0 Å². The Bertz CT molecular complexity index is 1210. The quantitative estimate of drug-likeness (QED) is 0.343. The monoisotopic (exact) mass is 577 g/mol. The fraction of sp³-hybridized carbons (Fsp3) is 0.533. The van der Waals surface area contributed by atoms with Crippen LogP contribution in [0, 0.1) is 5.92 Å². The summed E-state index contributed by atoms with van der Waals surface area (Å²) in [6, 6.07) is 9.35. The van der Waals surface area contributed by atoms with Crippen LogP contribution in [-0.2, 0) is 17.9 Å². The number of nitrogens with zero attached hydrogens (tertiary/aromatic N) is 3. The molecule has 5 rings (SSSR count). The van der Waals surface area contributed by atoms with Crippen molar-refractivity contribution >= 4 is 29.0 Å². The molecule has 0 unspecified atom stereocenters. The van der Waals surface area contributed by atoms with Crippen LogP contribution in [0.3, 0.4) is 0 Å². The minimum absolute atomic E-state index is 0.196. The molecule has 1 aliphatic carbocycles. The lowest BCUT2D eigenvalue weighted by Crippen LogP contribution is -2.48. The number of anilines is 1. The molecule has 0 aromatic heterocycles. The Kier molecular flexibility index (Phi) is 8.90. The topological polar surface area (TPSA) is 53.1 Å². The van der Waals surface area contributed by atoms with Crippen molar-refractivity contribution in [2.75, 3.05) is 37.6 Å². The summed E-state index contributed by atoms with van der Waals surface area (Å²) < 4.78 is 41.2. The van der Waals surface area contributed by atoms with Crippen molar-refractivity contribution in [2.45, 2.75) is 64.4 Å². The normalized spacial score (nSPS) is 18.8. The molecule has 0 atom stereocenters. The van der Waals surface area contributed by atoms with E-state index in [0.29, 0.717) is 41.4 Å². The van der Waals surface area contributed by atoms with Crippen LogP contribution >= 0.6 is 11.6 Å². The van der Waals surface area contributed by atoms with E-state index in [1.54, 1.807) is 4.90 Å². The lowest BCUT2D eigenvalue weighted by atomic mass is 9.85. The molecule has 2 fully saturated rings. The molecule has 0 N–H and O–H groups in total. The first kappa shape index (κ1) is 28.7. The average molecular weight is 578 g/mol. The van der Waals surface area contributed by atoms with Gasteiger partial charge in [-0.2, -0.15) is 0 Å². The molecule has 3 aliphatic rings. The molecule has 40 heavy (non-hydrogen) atoms. The van der Waals surface area contributed by atoms with Crippen LogP contribution in [-0.4, -0.2) is 60.6 Å². The van der Waals surface area contributed by atoms with E-state index in [0.717, 1.165) is 49.8 Å². The highest BCUT2D eigenvalue weighted by molar-refractivity contribution is 6.34. The number of hydrogen-bond donors (Lipinski definition) is 0. The maximum atomic E-state index is 13.1. The maximum absolute atomic E-state index is 13.1. The second-order valence-corrected chi connectivity index (χ2v) is 11.6. The van der Waals surface area contributed by atoms with Crippen LogP contribution in [0.15, 0.2) is 36.4 Å². The molecule has 1 saturated heterocycles. The highest BCUT2D eigenvalue weighted by atomic mass is 35.5. The van der Waals surface area contributed by atoms with E-state index in [9.17, 15) is 22.8 Å². The maximum Gasteiger partial charge on any atom is 0.573 e. The summed E-state index contributed by atoms with van der Waals surface area (Å²) in [5.41, 5.74) is 2.96. The Morgan fingerprint density at radius 3 is 2.38 bits per heavy atom. The smallest absolute Gasteiger partial charge is 0.406 e. The lowest BCUT2D eigenvalue weighted by Gasteiger charge is -2.36. The third kappa shape index (κ3) is 7.29. The van der Waals surface area contributed by atoms with Crippen molar-refractivity contribution < 1.29 is 27.5 Å². The number of ketones is 1. The van der Waals surface area contributed by atoms with E-state index in [2.05, 4.69) is 14.5 Å². The molecule has 1 amide bonds. The van der Waals surface area contributed by atoms with Gasteiger partial charge < -0.3 is 14.5 Å². The van der Waals surface area contributed by atoms with Gasteiger partial charge in [0.15, 0.2) is 0 Å². The van der Waals surface area contributed by atoms with E-state index < -0.39 is 6.36 Å². The van der Waals surface area contributed by atoms with Crippen molar-refractivity contribution in [3.8, 4) is 5.75 Å². The standard InChI is InChI=1S/C30H35ClF3N3O3/c31-27-17-24(36-14-12-35(13-15-36)20-25(38)9-6-21-4-2-1-3-5-21)16-23-19-37(29(39)28(23)27)18-22-7-10-26(11-8-22)40-30(32,33)34/h7-8,10-11,16-17,21H,1-6,9,12-15,18-20H2. The van der Waals surface area contributed by atoms with E-state index in [-0.39, 0.29) is 18.2 Å². The number of piperazine rings is 1. The molecule has 2 aromatic rings. The SMILES string of the molecule is O=C(CCC1CCCCC1)CN1CCN(c2cc(Cl)c3c(c2)CN(Cc2ccc(OC(F)(F)F)cc2)C3=O)CC1. The van der Waals surface area contributed by atoms with E-state index in [1.165, 1.54) is 56.4 Å². The van der Waals surface area contributed by atoms with Crippen molar-refractivity contribution in [1.82, 2.24) is 9.80 Å². The molecule has 2 aliphatic heterocycles. The molecule has 0 radical (unpaired) electrons. The number of halogens is 4. The first-order valence-corrected chi connectivity index (χ1v) is 14.5. The van der Waals surface area contributed by atoms with Crippen LogP contribution in [0.1, 0.15) is 66.4 Å². The van der Waals surface area contributed by atoms with Gasteiger partial charge >= 0.3 is 6.36 Å². The zero-order valence-corrected chi connectivity index (χ0v) is 23.3. The van der Waals surface area contributed by atoms with Gasteiger partial charge in [-0.25, -0.2) is 0 Å². The van der Waals surface area contributed by atoms with Gasteiger partial charge in [0.05, 0.1) is 17.1 Å². The zero-order chi connectivity index (χ0) is 28.3. The number of fused-ring (bicyclic) bond motifs is 1. The van der Waals surface area contributed by atoms with Gasteiger partial charge in [0.2, 0.25) is 0 Å². The Morgan fingerprint density at radius 1 is 1.00 bits per heavy atom. The number of alkyl halides is 3. The van der Waals surface area contributed by atoms with E-state index >= 15 is 0 Å². The molecular formula is C30H35ClF3N3O3. The number of carbonyl (C=O) groups is 2. The molecule has 2 aromatic carbocycles. The molecule has 6 nitrogen and oxygen atoms in total. The second kappa shape index (κ2) is 12.4. The highest BCUT2D eigenvalue weighted by Crippen LogP contribution is 2.35. The predicted octanol–water partition coefficient (Wildman–Crippen LogP) is 6.45. The predicted molar refractivity (Wildman–Crippen MR) is 148 cm³/mol. The third-order valence-corrected chi connectivity index (χ3v) is 8.54. The Morgan fingerprint density at radius 2 is 1.70 bits per heavy atom. The van der Waals surface area contributed by atoms with Gasteiger partial charge in [0, 0.05) is 51.4 Å². The van der Waals surface area contributed by atoms with Gasteiger partial charge in [0.25, 0.3) is 5.91 Å². The highest BCUT2D eigenvalue weighted by Gasteiger charge is 2.33. The van der Waals surface area contributed by atoms with Gasteiger partial charge in [0.1, 0.15) is 11.5 Å². The van der Waals surface area contributed by atoms with E-state index in [1.807, 2.05) is 12.1 Å². The number of rotatable bonds is 9. The van der Waals surface area contributed by atoms with Gasteiger partial charge in [-0.15, -0.1) is 13.2 Å². The fourth-order valence-corrected chi connectivity index (χ4v) is 6.42. The number of carbonyl (C=O) groups excluding carboxylic acids is 2. The Hall–Kier alpha value is -2.78. The lowest BCUT2D eigenvalue weighted by molar-refractivity contribution is -0.274. The zero-order valence-electron chi connectivity index (χ0n) is 22.5. The number of benzene rings is 2. The van der Waals surface area contributed by atoms with Crippen LogP contribution in [0.25, 0.3) is 0 Å². The summed E-state index contributed by atoms with van der Waals surface area (Å²) in [6.07, 6.45) is 3.44. The molecular weight excluding hydrogens is 543 g/mol. The van der Waals surface area contributed by atoms with Crippen molar-refractivity contribution in [1.29, 1.82) is 0 Å². The number of Topliss-reactive ketones (excluding diaryl/α,β-unsaturated/α-hetero) is 1. The number of amides is 1. The first-order chi connectivity index (χ1) is 19.1. The minimum atomic E-state index is -4.75. The van der Waals surface area contributed by atoms with Gasteiger partial charge in [-0.1, -0.05) is 55.8 Å². The molecule has 0 bridgehead atoms. The molecule has 2 heterocycles. The Balaban J connectivity index is 1.13. The van der Waals surface area contributed by atoms with Crippen molar-refractivity contribution in [3.05, 3.63) is 58.1 Å². The number of ether oxygens (including phenoxy) is 1. The first-order valence-electron chi connectivity index (χ1n) is 14.1. The summed E-state index contributed by atoms with van der Waals surface area (Å²) in [5, 5.41) is 0.397. The summed E-state index contributed by atoms with van der Waals surface area (Å²) in [7, 11) is 0. The summed E-state index contributed by atoms with van der Waals surface area (Å²) in [4.78, 5) is 31.8. The van der Waals surface area contributed by atoms with Gasteiger partial charge in [-0.05, 0) is 47.7 Å². The molecule has 10 heteroatoms. The summed E-state index contributed by atoms with van der Waals surface area (Å²) in [6.45, 7) is 4.27. The Labute approximate surface area is 238 Å². The van der Waals surface area contributed by atoms with Crippen LogP contribution in [0.4, 0.5) is 18.9 Å². The summed E-state index contributed by atoms with van der Waals surface area (Å²) in [5.74, 6) is 0.559. The molecule has 216 valence electrons. The fourth-order valence-electron chi connectivity index (χ4n) is 6.11. The molecule has 0 spiro atoms. The average Bonchev–Trinajstić information content (AvgIpc) is 3.24. The van der Waals surface area contributed by atoms with Crippen LogP contribution in [0.2, 0.25) is 5.02 Å². The second-order valence-electron chi connectivity index (χ2n) is 11.2. The largest absolute Gasteiger partial charge is 0.573 e. The number of hydrogen-bond acceptors (Lipinski definition) is 5. The van der Waals surface area contributed by atoms with Gasteiger partial charge in [-0.3, -0.25) is 14.5 Å². The van der Waals surface area contributed by atoms with E-state index in [4.69, 9.17) is 11.6 Å².